The first-order chi connectivity index (χ1) is 7.63. The van der Waals surface area contributed by atoms with Crippen LogP contribution in [0.2, 0.25) is 5.02 Å². The lowest BCUT2D eigenvalue weighted by molar-refractivity contribution is 0.238. The first kappa shape index (κ1) is 11.7. The molecule has 0 aromatic carbocycles. The molecule has 0 amide bonds. The van der Waals surface area contributed by atoms with Crippen LogP contribution in [-0.2, 0) is 0 Å². The number of pyridine rings is 1. The Bertz CT molecular complexity index is 339. The molecule has 0 aliphatic carbocycles. The molecule has 2 heterocycles. The smallest absolute Gasteiger partial charge is 0.128 e. The van der Waals surface area contributed by atoms with Crippen molar-refractivity contribution in [1.29, 1.82) is 0 Å². The maximum absolute atomic E-state index is 5.84. The van der Waals surface area contributed by atoms with Gasteiger partial charge in [-0.2, -0.15) is 0 Å². The maximum Gasteiger partial charge on any atom is 0.128 e. The lowest BCUT2D eigenvalue weighted by Crippen LogP contribution is -2.38. The van der Waals surface area contributed by atoms with Crippen molar-refractivity contribution in [3.05, 3.63) is 23.4 Å². The summed E-state index contributed by atoms with van der Waals surface area (Å²) in [5, 5.41) is 0.708. The summed E-state index contributed by atoms with van der Waals surface area (Å²) in [6.07, 6.45) is 5.51. The molecular formula is C13H19ClN2. The number of hydrogen-bond donors (Lipinski definition) is 0. The maximum atomic E-state index is 5.84. The Hall–Kier alpha value is -0.760. The van der Waals surface area contributed by atoms with Crippen molar-refractivity contribution < 1.29 is 0 Å². The van der Waals surface area contributed by atoms with E-state index >= 15 is 0 Å². The van der Waals surface area contributed by atoms with E-state index in [1.165, 1.54) is 19.3 Å². The zero-order chi connectivity index (χ0) is 11.6. The second-order valence-electron chi connectivity index (χ2n) is 4.99. The molecule has 88 valence electrons. The van der Waals surface area contributed by atoms with Crippen molar-refractivity contribution in [1.82, 2.24) is 4.98 Å². The normalized spacial score (nSPS) is 19.8. The molecule has 1 fully saturated rings. The highest BCUT2D eigenvalue weighted by atomic mass is 35.5. The van der Waals surface area contributed by atoms with E-state index in [0.29, 0.717) is 10.4 Å². The SMILES string of the molecule is CCC1(C)CCN(c2ccc(Cl)cn2)CC1. The highest BCUT2D eigenvalue weighted by molar-refractivity contribution is 6.30. The van der Waals surface area contributed by atoms with Gasteiger partial charge >= 0.3 is 0 Å². The van der Waals surface area contributed by atoms with Crippen molar-refractivity contribution >= 4 is 17.4 Å². The molecule has 0 radical (unpaired) electrons. The minimum absolute atomic E-state index is 0.531. The Labute approximate surface area is 103 Å². The van der Waals surface area contributed by atoms with Crippen LogP contribution >= 0.6 is 11.6 Å². The molecule has 1 aromatic rings. The first-order valence-corrected chi connectivity index (χ1v) is 6.37. The van der Waals surface area contributed by atoms with Gasteiger partial charge in [0.25, 0.3) is 0 Å². The van der Waals surface area contributed by atoms with Gasteiger partial charge in [-0.15, -0.1) is 0 Å². The van der Waals surface area contributed by atoms with Gasteiger partial charge in [0.05, 0.1) is 5.02 Å². The van der Waals surface area contributed by atoms with E-state index in [4.69, 9.17) is 11.6 Å². The molecule has 1 aromatic heterocycles. The Kier molecular flexibility index (Phi) is 3.38. The van der Waals surface area contributed by atoms with E-state index < -0.39 is 0 Å². The third kappa shape index (κ3) is 2.49. The Morgan fingerprint density at radius 1 is 1.38 bits per heavy atom. The highest BCUT2D eigenvalue weighted by Gasteiger charge is 2.28. The van der Waals surface area contributed by atoms with Crippen LogP contribution in [0.3, 0.4) is 0 Å². The van der Waals surface area contributed by atoms with Gasteiger partial charge in [-0.25, -0.2) is 4.98 Å². The fourth-order valence-corrected chi connectivity index (χ4v) is 2.30. The lowest BCUT2D eigenvalue weighted by Gasteiger charge is -2.39. The fraction of sp³-hybridized carbons (Fsp3) is 0.615. The van der Waals surface area contributed by atoms with Crippen LogP contribution in [0.25, 0.3) is 0 Å². The third-order valence-corrected chi connectivity index (χ3v) is 4.08. The molecule has 0 spiro atoms. The molecule has 0 bridgehead atoms. The monoisotopic (exact) mass is 238 g/mol. The molecular weight excluding hydrogens is 220 g/mol. The van der Waals surface area contributed by atoms with Gasteiger partial charge in [0, 0.05) is 19.3 Å². The second-order valence-corrected chi connectivity index (χ2v) is 5.42. The van der Waals surface area contributed by atoms with Crippen LogP contribution in [0, 0.1) is 5.41 Å². The molecule has 3 heteroatoms. The van der Waals surface area contributed by atoms with Gasteiger partial charge in [0.1, 0.15) is 5.82 Å². The van der Waals surface area contributed by atoms with Gasteiger partial charge in [-0.05, 0) is 30.4 Å². The number of halogens is 1. The molecule has 1 saturated heterocycles. The van der Waals surface area contributed by atoms with E-state index in [2.05, 4.69) is 23.7 Å². The average molecular weight is 239 g/mol. The topological polar surface area (TPSA) is 16.1 Å². The third-order valence-electron chi connectivity index (χ3n) is 3.86. The minimum Gasteiger partial charge on any atom is -0.357 e. The van der Waals surface area contributed by atoms with Crippen LogP contribution in [0.4, 0.5) is 5.82 Å². The van der Waals surface area contributed by atoms with Crippen LogP contribution in [-0.4, -0.2) is 18.1 Å². The van der Waals surface area contributed by atoms with Crippen molar-refractivity contribution in [2.24, 2.45) is 5.41 Å². The predicted octanol–water partition coefficient (Wildman–Crippen LogP) is 3.75. The number of rotatable bonds is 2. The van der Waals surface area contributed by atoms with E-state index in [1.807, 2.05) is 12.1 Å². The molecule has 2 rings (SSSR count). The largest absolute Gasteiger partial charge is 0.357 e. The minimum atomic E-state index is 0.531. The summed E-state index contributed by atoms with van der Waals surface area (Å²) in [5.41, 5.74) is 0.531. The van der Waals surface area contributed by atoms with Crippen molar-refractivity contribution in [2.75, 3.05) is 18.0 Å². The van der Waals surface area contributed by atoms with Gasteiger partial charge in [0.2, 0.25) is 0 Å². The molecule has 0 saturated carbocycles. The van der Waals surface area contributed by atoms with Gasteiger partial charge in [0.15, 0.2) is 0 Å². The average Bonchev–Trinajstić information content (AvgIpc) is 2.32. The van der Waals surface area contributed by atoms with Crippen molar-refractivity contribution in [3.8, 4) is 0 Å². The number of piperidine rings is 1. The molecule has 0 atom stereocenters. The zero-order valence-electron chi connectivity index (χ0n) is 10.0. The molecule has 0 unspecified atom stereocenters. The van der Waals surface area contributed by atoms with Gasteiger partial charge < -0.3 is 4.90 Å². The Morgan fingerprint density at radius 2 is 2.06 bits per heavy atom. The van der Waals surface area contributed by atoms with E-state index in [0.717, 1.165) is 18.9 Å². The fourth-order valence-electron chi connectivity index (χ4n) is 2.18. The molecule has 1 aliphatic rings. The standard InChI is InChI=1S/C13H19ClN2/c1-3-13(2)6-8-16(9-7-13)12-5-4-11(14)10-15-12/h4-5,10H,3,6-9H2,1-2H3. The predicted molar refractivity (Wildman–Crippen MR) is 69.1 cm³/mol. The summed E-state index contributed by atoms with van der Waals surface area (Å²) in [6, 6.07) is 3.93. The molecule has 1 aliphatic heterocycles. The molecule has 2 nitrogen and oxygen atoms in total. The van der Waals surface area contributed by atoms with E-state index in [-0.39, 0.29) is 0 Å². The van der Waals surface area contributed by atoms with Crippen LogP contribution in [0.5, 0.6) is 0 Å². The summed E-state index contributed by atoms with van der Waals surface area (Å²) >= 11 is 5.84. The Balaban J connectivity index is 2.01. The van der Waals surface area contributed by atoms with E-state index in [1.54, 1.807) is 6.20 Å². The van der Waals surface area contributed by atoms with Crippen LogP contribution in [0.15, 0.2) is 18.3 Å². The summed E-state index contributed by atoms with van der Waals surface area (Å²) in [6.45, 7) is 6.90. The summed E-state index contributed by atoms with van der Waals surface area (Å²) < 4.78 is 0. The summed E-state index contributed by atoms with van der Waals surface area (Å²) in [5.74, 6) is 1.06. The van der Waals surface area contributed by atoms with Crippen molar-refractivity contribution in [2.45, 2.75) is 33.1 Å². The highest BCUT2D eigenvalue weighted by Crippen LogP contribution is 2.35. The second kappa shape index (κ2) is 4.62. The summed E-state index contributed by atoms with van der Waals surface area (Å²) in [4.78, 5) is 6.72. The summed E-state index contributed by atoms with van der Waals surface area (Å²) in [7, 11) is 0. The lowest BCUT2D eigenvalue weighted by atomic mass is 9.78. The Morgan fingerprint density at radius 3 is 2.56 bits per heavy atom. The van der Waals surface area contributed by atoms with Crippen LogP contribution < -0.4 is 4.90 Å². The number of anilines is 1. The van der Waals surface area contributed by atoms with Gasteiger partial charge in [-0.1, -0.05) is 31.9 Å². The molecule has 16 heavy (non-hydrogen) atoms. The zero-order valence-corrected chi connectivity index (χ0v) is 10.8. The quantitative estimate of drug-likeness (QED) is 0.780. The van der Waals surface area contributed by atoms with Crippen molar-refractivity contribution in [3.63, 3.8) is 0 Å². The van der Waals surface area contributed by atoms with E-state index in [9.17, 15) is 0 Å². The molecule has 0 N–H and O–H groups in total. The van der Waals surface area contributed by atoms with Crippen LogP contribution in [0.1, 0.15) is 33.1 Å². The number of hydrogen-bond acceptors (Lipinski definition) is 2. The number of nitrogens with zero attached hydrogens (tertiary/aromatic N) is 2. The van der Waals surface area contributed by atoms with Gasteiger partial charge in [-0.3, -0.25) is 0 Å². The number of aromatic nitrogens is 1. The first-order valence-electron chi connectivity index (χ1n) is 5.99.